The molecule has 6 rings (SSSR count). The second-order valence-electron chi connectivity index (χ2n) is 11.2. The van der Waals surface area contributed by atoms with Gasteiger partial charge in [-0.3, -0.25) is 9.78 Å². The zero-order valence-corrected chi connectivity index (χ0v) is 23.3. The molecule has 3 aromatic carbocycles. The maximum atomic E-state index is 13.8. The Balaban J connectivity index is 1.32. The first kappa shape index (κ1) is 26.3. The molecule has 3 atom stereocenters. The average Bonchev–Trinajstić information content (AvgIpc) is 3.63. The summed E-state index contributed by atoms with van der Waals surface area (Å²) in [7, 11) is 0. The number of carbonyl (C=O) groups excluding carboxylic acids is 1. The van der Waals surface area contributed by atoms with Crippen molar-refractivity contribution >= 4 is 27.7 Å². The molecule has 40 heavy (non-hydrogen) atoms. The number of amides is 1. The number of aliphatic hydroxyl groups is 1. The lowest BCUT2D eigenvalue weighted by Crippen LogP contribution is -2.37. The molecule has 0 spiro atoms. The largest absolute Gasteiger partial charge is 0.394 e. The quantitative estimate of drug-likeness (QED) is 0.222. The molecule has 2 N–H and O–H groups in total. The van der Waals surface area contributed by atoms with Gasteiger partial charge in [-0.05, 0) is 61.4 Å². The van der Waals surface area contributed by atoms with E-state index in [0.29, 0.717) is 5.92 Å². The van der Waals surface area contributed by atoms with E-state index in [4.69, 9.17) is 0 Å². The molecule has 0 aliphatic heterocycles. The van der Waals surface area contributed by atoms with Gasteiger partial charge in [0.2, 0.25) is 5.91 Å². The van der Waals surface area contributed by atoms with Gasteiger partial charge < -0.3 is 15.0 Å². The minimum Gasteiger partial charge on any atom is -0.394 e. The second kappa shape index (κ2) is 11.3. The molecule has 204 valence electrons. The van der Waals surface area contributed by atoms with Crippen molar-refractivity contribution in [1.82, 2.24) is 14.9 Å². The van der Waals surface area contributed by atoms with Crippen LogP contribution in [0.15, 0.2) is 91.1 Å². The number of nitrogens with zero attached hydrogens (tertiary/aromatic N) is 2. The lowest BCUT2D eigenvalue weighted by molar-refractivity contribution is -0.124. The molecule has 1 amide bonds. The number of aromatic nitrogens is 2. The number of aliphatic hydroxyl groups excluding tert-OH is 1. The maximum Gasteiger partial charge on any atom is 0.228 e. The molecular weight excluding hydrogens is 494 g/mol. The monoisotopic (exact) mass is 531 g/mol. The van der Waals surface area contributed by atoms with E-state index in [0.717, 1.165) is 42.5 Å². The molecule has 3 unspecified atom stereocenters. The van der Waals surface area contributed by atoms with E-state index in [9.17, 15) is 9.90 Å². The lowest BCUT2D eigenvalue weighted by atomic mass is 9.83. The van der Waals surface area contributed by atoms with Crippen molar-refractivity contribution in [3.63, 3.8) is 0 Å². The number of aryl methyl sites for hydroxylation is 1. The number of hydrogen-bond donors (Lipinski definition) is 2. The number of benzene rings is 3. The Hall–Kier alpha value is -3.96. The number of pyridine rings is 1. The summed E-state index contributed by atoms with van der Waals surface area (Å²) >= 11 is 0. The number of para-hydroxylation sites is 1. The van der Waals surface area contributed by atoms with Gasteiger partial charge in [-0.15, -0.1) is 0 Å². The van der Waals surface area contributed by atoms with Crippen LogP contribution in [-0.2, 0) is 4.79 Å². The standard InChI is InChI=1S/C35H37N3O2/c1-23-20-33-30(21-36-23)29-14-8-9-15-32(29)38(33)24(2)25-16-18-28(19-17-25)34(27-12-6-7-13-27)35(40)37-31(22-39)26-10-4-3-5-11-26/h3-5,8-11,14-21,24,27,31,34,39H,6-7,12-13,22H2,1-2H3,(H,37,40). The summed E-state index contributed by atoms with van der Waals surface area (Å²) in [6.07, 6.45) is 6.42. The lowest BCUT2D eigenvalue weighted by Gasteiger charge is -2.27. The maximum absolute atomic E-state index is 13.8. The highest BCUT2D eigenvalue weighted by atomic mass is 16.3. The Labute approximate surface area is 235 Å². The van der Waals surface area contributed by atoms with Crippen molar-refractivity contribution < 1.29 is 9.90 Å². The number of rotatable bonds is 8. The Bertz CT molecular complexity index is 1620. The predicted octanol–water partition coefficient (Wildman–Crippen LogP) is 7.23. The summed E-state index contributed by atoms with van der Waals surface area (Å²) in [5.41, 5.74) is 6.55. The fraction of sp³-hybridized carbons (Fsp3) is 0.314. The molecule has 1 saturated carbocycles. The van der Waals surface area contributed by atoms with E-state index in [1.165, 1.54) is 27.4 Å². The van der Waals surface area contributed by atoms with Gasteiger partial charge in [-0.25, -0.2) is 0 Å². The zero-order valence-electron chi connectivity index (χ0n) is 23.3. The normalized spacial score (nSPS) is 16.3. The van der Waals surface area contributed by atoms with Crippen molar-refractivity contribution in [1.29, 1.82) is 0 Å². The average molecular weight is 532 g/mol. The fourth-order valence-electron chi connectivity index (χ4n) is 6.65. The van der Waals surface area contributed by atoms with Crippen LogP contribution in [0.2, 0.25) is 0 Å². The molecule has 2 heterocycles. The molecule has 1 aliphatic rings. The van der Waals surface area contributed by atoms with E-state index in [1.807, 2.05) is 43.5 Å². The minimum atomic E-state index is -0.412. The summed E-state index contributed by atoms with van der Waals surface area (Å²) in [6, 6.07) is 28.8. The molecule has 5 nitrogen and oxygen atoms in total. The molecule has 1 fully saturated rings. The molecule has 5 heteroatoms. The Morgan fingerprint density at radius 1 is 0.900 bits per heavy atom. The van der Waals surface area contributed by atoms with Crippen molar-refractivity contribution in [3.8, 4) is 0 Å². The highest BCUT2D eigenvalue weighted by Gasteiger charge is 2.33. The van der Waals surface area contributed by atoms with Gasteiger partial charge in [0.25, 0.3) is 0 Å². The van der Waals surface area contributed by atoms with Crippen molar-refractivity contribution in [3.05, 3.63) is 114 Å². The third kappa shape index (κ3) is 4.90. The number of fused-ring (bicyclic) bond motifs is 3. The Morgan fingerprint density at radius 3 is 2.30 bits per heavy atom. The molecule has 1 aliphatic carbocycles. The van der Waals surface area contributed by atoms with Crippen LogP contribution in [0.3, 0.4) is 0 Å². The van der Waals surface area contributed by atoms with Crippen LogP contribution in [0.25, 0.3) is 21.8 Å². The highest BCUT2D eigenvalue weighted by Crippen LogP contribution is 2.39. The van der Waals surface area contributed by atoms with Crippen LogP contribution < -0.4 is 5.32 Å². The molecule has 5 aromatic rings. The van der Waals surface area contributed by atoms with Crippen LogP contribution in [-0.4, -0.2) is 27.2 Å². The van der Waals surface area contributed by atoms with Gasteiger partial charge >= 0.3 is 0 Å². The number of carbonyl (C=O) groups is 1. The SMILES string of the molecule is Cc1cc2c(cn1)c1ccccc1n2C(C)c1ccc(C(C(=O)NC(CO)c2ccccc2)C2CCCC2)cc1. The van der Waals surface area contributed by atoms with E-state index in [1.54, 1.807) is 0 Å². The summed E-state index contributed by atoms with van der Waals surface area (Å²) < 4.78 is 2.40. The molecule has 0 radical (unpaired) electrons. The molecule has 0 saturated heterocycles. The summed E-state index contributed by atoms with van der Waals surface area (Å²) in [6.45, 7) is 4.15. The Morgan fingerprint density at radius 2 is 1.57 bits per heavy atom. The molecule has 2 aromatic heterocycles. The van der Waals surface area contributed by atoms with Gasteiger partial charge in [-0.2, -0.15) is 0 Å². The first-order valence-corrected chi connectivity index (χ1v) is 14.5. The van der Waals surface area contributed by atoms with Crippen LogP contribution in [0.5, 0.6) is 0 Å². The number of nitrogens with one attached hydrogen (secondary N) is 1. The van der Waals surface area contributed by atoms with E-state index >= 15 is 0 Å². The van der Waals surface area contributed by atoms with Crippen LogP contribution in [0.4, 0.5) is 0 Å². The predicted molar refractivity (Wildman–Crippen MR) is 161 cm³/mol. The first-order valence-electron chi connectivity index (χ1n) is 14.5. The molecule has 0 bridgehead atoms. The van der Waals surface area contributed by atoms with Crippen LogP contribution in [0.1, 0.15) is 73.0 Å². The van der Waals surface area contributed by atoms with Gasteiger partial charge in [0.05, 0.1) is 30.1 Å². The van der Waals surface area contributed by atoms with Crippen molar-refractivity contribution in [2.75, 3.05) is 6.61 Å². The third-order valence-electron chi connectivity index (χ3n) is 8.75. The van der Waals surface area contributed by atoms with Gasteiger partial charge in [0.15, 0.2) is 0 Å². The summed E-state index contributed by atoms with van der Waals surface area (Å²) in [4.78, 5) is 18.3. The third-order valence-corrected chi connectivity index (χ3v) is 8.75. The Kier molecular flexibility index (Phi) is 7.40. The van der Waals surface area contributed by atoms with E-state index in [2.05, 4.69) is 76.4 Å². The molecular formula is C35H37N3O2. The highest BCUT2D eigenvalue weighted by molar-refractivity contribution is 6.07. The van der Waals surface area contributed by atoms with Gasteiger partial charge in [-0.1, -0.05) is 85.6 Å². The van der Waals surface area contributed by atoms with Crippen LogP contribution >= 0.6 is 0 Å². The van der Waals surface area contributed by atoms with Crippen molar-refractivity contribution in [2.45, 2.75) is 57.5 Å². The fourth-order valence-corrected chi connectivity index (χ4v) is 6.65. The zero-order chi connectivity index (χ0) is 27.6. The topological polar surface area (TPSA) is 67.2 Å². The first-order chi connectivity index (χ1) is 19.5. The minimum absolute atomic E-state index is 0.000902. The summed E-state index contributed by atoms with van der Waals surface area (Å²) in [5.74, 6) is 0.0822. The second-order valence-corrected chi connectivity index (χ2v) is 11.2. The number of hydrogen-bond acceptors (Lipinski definition) is 3. The van der Waals surface area contributed by atoms with Gasteiger partial charge in [0, 0.05) is 28.2 Å². The summed E-state index contributed by atoms with van der Waals surface area (Å²) in [5, 5.41) is 15.6. The van der Waals surface area contributed by atoms with Crippen molar-refractivity contribution in [2.24, 2.45) is 5.92 Å². The van der Waals surface area contributed by atoms with Gasteiger partial charge in [0.1, 0.15) is 0 Å². The van der Waals surface area contributed by atoms with E-state index in [-0.39, 0.29) is 24.5 Å². The van der Waals surface area contributed by atoms with Crippen LogP contribution in [0, 0.1) is 12.8 Å². The van der Waals surface area contributed by atoms with E-state index < -0.39 is 6.04 Å². The smallest absolute Gasteiger partial charge is 0.228 e.